The Morgan fingerprint density at radius 3 is 2.42 bits per heavy atom. The Bertz CT molecular complexity index is 508. The monoisotopic (exact) mass is 285 g/mol. The van der Waals surface area contributed by atoms with Crippen molar-refractivity contribution in [3.05, 3.63) is 29.8 Å². The number of hydrogen-bond donors (Lipinski definition) is 1. The van der Waals surface area contributed by atoms with Gasteiger partial charge in [0.2, 0.25) is 0 Å². The van der Waals surface area contributed by atoms with Crippen LogP contribution in [-0.2, 0) is 25.9 Å². The molecule has 0 unspecified atom stereocenters. The van der Waals surface area contributed by atoms with E-state index in [2.05, 4.69) is 10.1 Å². The summed E-state index contributed by atoms with van der Waals surface area (Å²) in [5, 5.41) is 3.18. The van der Waals surface area contributed by atoms with E-state index in [1.807, 2.05) is 0 Å². The van der Waals surface area contributed by atoms with Gasteiger partial charge < -0.3 is 10.1 Å². The maximum Gasteiger partial charge on any atom is 0.305 e. The number of carbonyl (C=O) groups excluding carboxylic acids is 1. The van der Waals surface area contributed by atoms with Crippen molar-refractivity contribution in [1.82, 2.24) is 5.32 Å². The largest absolute Gasteiger partial charge is 0.469 e. The standard InChI is InChI=1S/C13H19NO4S/c1-18-13(15)4-3-9-14-10-11-5-7-12(8-6-11)19(2,16)17/h5-8,14H,3-4,9-10H2,1-2H3. The molecule has 0 atom stereocenters. The molecule has 0 spiro atoms. The average molecular weight is 285 g/mol. The smallest absolute Gasteiger partial charge is 0.305 e. The van der Waals surface area contributed by atoms with Crippen molar-refractivity contribution >= 4 is 15.8 Å². The summed E-state index contributed by atoms with van der Waals surface area (Å²) in [7, 11) is -1.76. The molecule has 0 radical (unpaired) electrons. The predicted octanol–water partition coefficient (Wildman–Crippen LogP) is 1.13. The van der Waals surface area contributed by atoms with Gasteiger partial charge in [0.1, 0.15) is 0 Å². The molecule has 0 aliphatic carbocycles. The fourth-order valence-corrected chi connectivity index (χ4v) is 2.18. The molecule has 5 nitrogen and oxygen atoms in total. The number of benzene rings is 1. The first-order valence-electron chi connectivity index (χ1n) is 6.00. The average Bonchev–Trinajstić information content (AvgIpc) is 2.37. The minimum atomic E-state index is -3.13. The van der Waals surface area contributed by atoms with Gasteiger partial charge in [0.05, 0.1) is 12.0 Å². The first kappa shape index (κ1) is 15.7. The molecule has 6 heteroatoms. The van der Waals surface area contributed by atoms with Crippen LogP contribution in [0.4, 0.5) is 0 Å². The summed E-state index contributed by atoms with van der Waals surface area (Å²) < 4.78 is 27.1. The van der Waals surface area contributed by atoms with Gasteiger partial charge >= 0.3 is 5.97 Å². The highest BCUT2D eigenvalue weighted by Gasteiger charge is 2.05. The van der Waals surface area contributed by atoms with Crippen molar-refractivity contribution in [3.8, 4) is 0 Å². The number of carbonyl (C=O) groups is 1. The van der Waals surface area contributed by atoms with Gasteiger partial charge in [0.15, 0.2) is 9.84 Å². The molecule has 0 heterocycles. The van der Waals surface area contributed by atoms with Gasteiger partial charge in [-0.25, -0.2) is 8.42 Å². The molecule has 0 saturated heterocycles. The van der Waals surface area contributed by atoms with E-state index < -0.39 is 9.84 Å². The second-order valence-electron chi connectivity index (χ2n) is 4.27. The first-order chi connectivity index (χ1) is 8.93. The van der Waals surface area contributed by atoms with Crippen LogP contribution in [0.1, 0.15) is 18.4 Å². The molecule has 1 aromatic rings. The lowest BCUT2D eigenvalue weighted by molar-refractivity contribution is -0.140. The summed E-state index contributed by atoms with van der Waals surface area (Å²) in [6, 6.07) is 6.76. The van der Waals surface area contributed by atoms with Gasteiger partial charge in [-0.3, -0.25) is 4.79 Å². The second kappa shape index (κ2) is 7.25. The summed E-state index contributed by atoms with van der Waals surface area (Å²) in [6.45, 7) is 1.36. The Kier molecular flexibility index (Phi) is 5.98. The lowest BCUT2D eigenvalue weighted by Gasteiger charge is -2.05. The van der Waals surface area contributed by atoms with Crippen molar-refractivity contribution in [3.63, 3.8) is 0 Å². The molecule has 0 amide bonds. The Morgan fingerprint density at radius 1 is 1.26 bits per heavy atom. The maximum absolute atomic E-state index is 11.3. The number of sulfone groups is 1. The molecule has 0 saturated carbocycles. The molecular weight excluding hydrogens is 266 g/mol. The zero-order valence-corrected chi connectivity index (χ0v) is 12.0. The number of rotatable bonds is 7. The molecule has 0 aliphatic rings. The number of methoxy groups -OCH3 is 1. The van der Waals surface area contributed by atoms with Crippen LogP contribution in [0.5, 0.6) is 0 Å². The van der Waals surface area contributed by atoms with Crippen LogP contribution in [0.3, 0.4) is 0 Å². The van der Waals surface area contributed by atoms with E-state index in [9.17, 15) is 13.2 Å². The van der Waals surface area contributed by atoms with Crippen LogP contribution < -0.4 is 5.32 Å². The highest BCUT2D eigenvalue weighted by molar-refractivity contribution is 7.90. The minimum absolute atomic E-state index is 0.209. The van der Waals surface area contributed by atoms with E-state index in [0.717, 1.165) is 5.56 Å². The molecule has 0 aliphatic heterocycles. The van der Waals surface area contributed by atoms with Gasteiger partial charge in [-0.1, -0.05) is 12.1 Å². The third-order valence-corrected chi connectivity index (χ3v) is 3.77. The summed E-state index contributed by atoms with van der Waals surface area (Å²) in [5.74, 6) is -0.209. The van der Waals surface area contributed by atoms with Crippen LogP contribution in [0.15, 0.2) is 29.2 Å². The zero-order valence-electron chi connectivity index (χ0n) is 11.2. The number of nitrogens with one attached hydrogen (secondary N) is 1. The highest BCUT2D eigenvalue weighted by Crippen LogP contribution is 2.10. The summed E-state index contributed by atoms with van der Waals surface area (Å²) in [6.07, 6.45) is 2.30. The van der Waals surface area contributed by atoms with E-state index in [0.29, 0.717) is 30.8 Å². The van der Waals surface area contributed by atoms with Gasteiger partial charge in [-0.15, -0.1) is 0 Å². The van der Waals surface area contributed by atoms with Crippen LogP contribution in [0.25, 0.3) is 0 Å². The second-order valence-corrected chi connectivity index (χ2v) is 6.29. The topological polar surface area (TPSA) is 72.5 Å². The van der Waals surface area contributed by atoms with E-state index >= 15 is 0 Å². The van der Waals surface area contributed by atoms with Crippen LogP contribution in [0, 0.1) is 0 Å². The number of esters is 1. The van der Waals surface area contributed by atoms with Crippen LogP contribution >= 0.6 is 0 Å². The molecule has 1 aromatic carbocycles. The lowest BCUT2D eigenvalue weighted by Crippen LogP contribution is -2.16. The summed E-state index contributed by atoms with van der Waals surface area (Å²) in [5.41, 5.74) is 1.01. The zero-order chi connectivity index (χ0) is 14.3. The molecular formula is C13H19NO4S. The highest BCUT2D eigenvalue weighted by atomic mass is 32.2. The van der Waals surface area contributed by atoms with Crippen LogP contribution in [-0.4, -0.2) is 34.3 Å². The van der Waals surface area contributed by atoms with Crippen molar-refractivity contribution in [1.29, 1.82) is 0 Å². The Balaban J connectivity index is 2.33. The van der Waals surface area contributed by atoms with Gasteiger partial charge in [0, 0.05) is 19.2 Å². The fourth-order valence-electron chi connectivity index (χ4n) is 1.55. The summed E-state index contributed by atoms with van der Waals surface area (Å²) >= 11 is 0. The number of hydrogen-bond acceptors (Lipinski definition) is 5. The molecule has 19 heavy (non-hydrogen) atoms. The molecule has 0 bridgehead atoms. The molecule has 1 rings (SSSR count). The SMILES string of the molecule is COC(=O)CCCNCc1ccc(S(C)(=O)=O)cc1. The van der Waals surface area contributed by atoms with Gasteiger partial charge in [-0.2, -0.15) is 0 Å². The Hall–Kier alpha value is -1.40. The predicted molar refractivity (Wildman–Crippen MR) is 72.5 cm³/mol. The Labute approximate surface area is 113 Å². The number of ether oxygens (including phenoxy) is 1. The lowest BCUT2D eigenvalue weighted by atomic mass is 10.2. The van der Waals surface area contributed by atoms with E-state index in [1.54, 1.807) is 24.3 Å². The third-order valence-electron chi connectivity index (χ3n) is 2.64. The Morgan fingerprint density at radius 2 is 1.89 bits per heavy atom. The molecule has 106 valence electrons. The molecule has 0 fully saturated rings. The van der Waals surface area contributed by atoms with E-state index in [1.165, 1.54) is 13.4 Å². The molecule has 0 aromatic heterocycles. The first-order valence-corrected chi connectivity index (χ1v) is 7.89. The minimum Gasteiger partial charge on any atom is -0.469 e. The summed E-state index contributed by atoms with van der Waals surface area (Å²) in [4.78, 5) is 11.2. The fraction of sp³-hybridized carbons (Fsp3) is 0.462. The normalized spacial score (nSPS) is 11.3. The van der Waals surface area contributed by atoms with Gasteiger partial charge in [0.25, 0.3) is 0 Å². The van der Waals surface area contributed by atoms with Gasteiger partial charge in [-0.05, 0) is 30.7 Å². The quantitative estimate of drug-likeness (QED) is 0.600. The van der Waals surface area contributed by atoms with Crippen molar-refractivity contribution < 1.29 is 17.9 Å². The van der Waals surface area contributed by atoms with Crippen molar-refractivity contribution in [2.45, 2.75) is 24.3 Å². The van der Waals surface area contributed by atoms with Crippen molar-refractivity contribution in [2.24, 2.45) is 0 Å². The van der Waals surface area contributed by atoms with Crippen LogP contribution in [0.2, 0.25) is 0 Å². The van der Waals surface area contributed by atoms with Crippen molar-refractivity contribution in [2.75, 3.05) is 19.9 Å². The molecule has 1 N–H and O–H groups in total. The maximum atomic E-state index is 11.3. The van der Waals surface area contributed by atoms with E-state index in [4.69, 9.17) is 0 Å². The third kappa shape index (κ3) is 5.85. The van der Waals surface area contributed by atoms with E-state index in [-0.39, 0.29) is 5.97 Å².